The van der Waals surface area contributed by atoms with Gasteiger partial charge in [-0.2, -0.15) is 0 Å². The smallest absolute Gasteiger partial charge is 0.423 e. The Balaban J connectivity index is 1.82. The van der Waals surface area contributed by atoms with Crippen molar-refractivity contribution in [1.29, 1.82) is 0 Å². The summed E-state index contributed by atoms with van der Waals surface area (Å²) < 4.78 is 14.0. The Labute approximate surface area is 141 Å². The topological polar surface area (TPSA) is 115 Å². The molecule has 9 heteroatoms. The van der Waals surface area contributed by atoms with Crippen LogP contribution >= 0.6 is 0 Å². The molecule has 1 amide bonds. The third kappa shape index (κ3) is 3.28. The van der Waals surface area contributed by atoms with Crippen molar-refractivity contribution >= 4 is 35.8 Å². The summed E-state index contributed by atoms with van der Waals surface area (Å²) in [4.78, 5) is 30.2. The monoisotopic (exact) mass is 341 g/mol. The Bertz CT molecular complexity index is 958. The number of H-pyrrole nitrogens is 1. The molecule has 0 atom stereocenters. The molecule has 0 aliphatic heterocycles. The summed E-state index contributed by atoms with van der Waals surface area (Å²) in [6.45, 7) is -0.0896. The van der Waals surface area contributed by atoms with Crippen LogP contribution < -0.4 is 10.8 Å². The lowest BCUT2D eigenvalue weighted by atomic mass is 9.77. The van der Waals surface area contributed by atoms with Gasteiger partial charge in [-0.25, -0.2) is 9.37 Å². The number of aromatic nitrogens is 2. The number of fused-ring (bicyclic) bond motifs is 1. The molecule has 0 fully saturated rings. The first-order valence-corrected chi connectivity index (χ1v) is 7.35. The van der Waals surface area contributed by atoms with Crippen LogP contribution in [0.25, 0.3) is 11.0 Å². The van der Waals surface area contributed by atoms with Crippen LogP contribution in [0.3, 0.4) is 0 Å². The van der Waals surface area contributed by atoms with Crippen LogP contribution in [0.5, 0.6) is 0 Å². The molecule has 0 aliphatic carbocycles. The Kier molecular flexibility index (Phi) is 4.60. The van der Waals surface area contributed by atoms with Crippen molar-refractivity contribution < 1.29 is 24.0 Å². The lowest BCUT2D eigenvalue weighted by molar-refractivity contribution is 0.0950. The molecule has 1 heterocycles. The number of benzene rings is 2. The second-order valence-corrected chi connectivity index (χ2v) is 5.34. The minimum atomic E-state index is -1.82. The average Bonchev–Trinajstić information content (AvgIpc) is 3.08. The van der Waals surface area contributed by atoms with E-state index >= 15 is 0 Å². The first-order valence-electron chi connectivity index (χ1n) is 7.35. The largest absolute Gasteiger partial charge is 0.489 e. The number of nitrogens with zero attached hydrogens (tertiary/aromatic N) is 1. The molecule has 0 unspecified atom stereocenters. The number of nitrogens with one attached hydrogen (secondary N) is 2. The van der Waals surface area contributed by atoms with Crippen LogP contribution in [0.4, 0.5) is 4.39 Å². The summed E-state index contributed by atoms with van der Waals surface area (Å²) in [7, 11) is -1.82. The highest BCUT2D eigenvalue weighted by atomic mass is 19.1. The number of aromatic amines is 1. The fourth-order valence-electron chi connectivity index (χ4n) is 2.53. The number of imidazole rings is 1. The normalized spacial score (nSPS) is 10.7. The molecule has 4 N–H and O–H groups in total. The van der Waals surface area contributed by atoms with Crippen molar-refractivity contribution in [3.8, 4) is 0 Å². The van der Waals surface area contributed by atoms with Crippen molar-refractivity contribution in [2.75, 3.05) is 0 Å². The molecule has 0 bridgehead atoms. The molecular weight excluding hydrogens is 328 g/mol. The molecule has 2 aromatic carbocycles. The van der Waals surface area contributed by atoms with Gasteiger partial charge >= 0.3 is 7.12 Å². The Morgan fingerprint density at radius 2 is 2.12 bits per heavy atom. The Morgan fingerprint density at radius 1 is 1.32 bits per heavy atom. The zero-order chi connectivity index (χ0) is 18.0. The molecule has 0 saturated carbocycles. The van der Waals surface area contributed by atoms with E-state index in [0.717, 1.165) is 0 Å². The maximum absolute atomic E-state index is 14.0. The minimum Gasteiger partial charge on any atom is -0.423 e. The van der Waals surface area contributed by atoms with Crippen molar-refractivity contribution in [3.63, 3.8) is 0 Å². The number of amides is 1. The van der Waals surface area contributed by atoms with Gasteiger partial charge in [0.05, 0.1) is 17.4 Å². The Morgan fingerprint density at radius 3 is 2.84 bits per heavy atom. The van der Waals surface area contributed by atoms with E-state index in [9.17, 15) is 24.0 Å². The number of carbonyl (C=O) groups excluding carboxylic acids is 2. The minimum absolute atomic E-state index is 0.00103. The fraction of sp³-hybridized carbons (Fsp3) is 0.0625. The van der Waals surface area contributed by atoms with Crippen molar-refractivity contribution in [3.05, 3.63) is 59.2 Å². The highest BCUT2D eigenvalue weighted by Crippen LogP contribution is 2.18. The van der Waals surface area contributed by atoms with Gasteiger partial charge in [0.1, 0.15) is 12.1 Å². The number of aldehydes is 1. The summed E-state index contributed by atoms with van der Waals surface area (Å²) in [5.74, 6) is -1.03. The number of hydrogen-bond donors (Lipinski definition) is 4. The van der Waals surface area contributed by atoms with E-state index in [2.05, 4.69) is 15.3 Å². The van der Waals surface area contributed by atoms with Gasteiger partial charge in [-0.05, 0) is 29.7 Å². The highest BCUT2D eigenvalue weighted by molar-refractivity contribution is 6.60. The maximum atomic E-state index is 14.0. The number of carbonyl (C=O) groups is 2. The van der Waals surface area contributed by atoms with Crippen LogP contribution in [-0.4, -0.2) is 39.3 Å². The number of hydrogen-bond acceptors (Lipinski definition) is 5. The van der Waals surface area contributed by atoms with Crippen LogP contribution in [-0.2, 0) is 6.54 Å². The van der Waals surface area contributed by atoms with Crippen LogP contribution in [0, 0.1) is 5.82 Å². The molecule has 3 aromatic rings. The third-order valence-electron chi connectivity index (χ3n) is 3.82. The molecule has 0 spiro atoms. The predicted molar refractivity (Wildman–Crippen MR) is 88.9 cm³/mol. The van der Waals surface area contributed by atoms with Crippen molar-refractivity contribution in [2.24, 2.45) is 0 Å². The van der Waals surface area contributed by atoms with E-state index in [4.69, 9.17) is 0 Å². The number of halogens is 1. The van der Waals surface area contributed by atoms with Crippen molar-refractivity contribution in [2.45, 2.75) is 6.54 Å². The second-order valence-electron chi connectivity index (χ2n) is 5.34. The molecule has 126 valence electrons. The summed E-state index contributed by atoms with van der Waals surface area (Å²) >= 11 is 0. The standard InChI is InChI=1S/C16H13BFN3O4/c18-13-3-4-14-15(21-8-20-14)11(13)6-19-16(23)9-1-2-12(17(24)25)10(5-9)7-22/h1-5,7-8,24-25H,6H2,(H,19,23)(H,20,21). The lowest BCUT2D eigenvalue weighted by Gasteiger charge is -2.09. The highest BCUT2D eigenvalue weighted by Gasteiger charge is 2.18. The molecule has 25 heavy (non-hydrogen) atoms. The average molecular weight is 341 g/mol. The van der Waals surface area contributed by atoms with Gasteiger partial charge in [-0.15, -0.1) is 0 Å². The third-order valence-corrected chi connectivity index (χ3v) is 3.82. The van der Waals surface area contributed by atoms with Crippen molar-refractivity contribution in [1.82, 2.24) is 15.3 Å². The maximum Gasteiger partial charge on any atom is 0.489 e. The van der Waals surface area contributed by atoms with Gasteiger partial charge in [0.25, 0.3) is 5.91 Å². The SMILES string of the molecule is O=Cc1cc(C(=O)NCc2c(F)ccc3[nH]cnc23)ccc1B(O)O. The zero-order valence-corrected chi connectivity index (χ0v) is 12.9. The van der Waals surface area contributed by atoms with Gasteiger partial charge in [-0.1, -0.05) is 6.07 Å². The summed E-state index contributed by atoms with van der Waals surface area (Å²) in [6.07, 6.45) is 1.86. The summed E-state index contributed by atoms with van der Waals surface area (Å²) in [5, 5.41) is 20.9. The Hall–Kier alpha value is -3.04. The summed E-state index contributed by atoms with van der Waals surface area (Å²) in [6, 6.07) is 6.70. The molecule has 0 radical (unpaired) electrons. The van der Waals surface area contributed by atoms with Gasteiger partial charge in [0.15, 0.2) is 0 Å². The van der Waals surface area contributed by atoms with E-state index in [1.807, 2.05) is 0 Å². The quantitative estimate of drug-likeness (QED) is 0.389. The van der Waals surface area contributed by atoms with E-state index in [0.29, 0.717) is 17.3 Å². The van der Waals surface area contributed by atoms with Gasteiger partial charge < -0.3 is 20.3 Å². The zero-order valence-electron chi connectivity index (χ0n) is 12.9. The van der Waals surface area contributed by atoms with Crippen LogP contribution in [0.2, 0.25) is 0 Å². The summed E-state index contributed by atoms with van der Waals surface area (Å²) in [5.41, 5.74) is 1.44. The predicted octanol–water partition coefficient (Wildman–Crippen LogP) is 0.124. The van der Waals surface area contributed by atoms with Gasteiger partial charge in [-0.3, -0.25) is 9.59 Å². The van der Waals surface area contributed by atoms with E-state index < -0.39 is 18.8 Å². The van der Waals surface area contributed by atoms with Crippen LogP contribution in [0.1, 0.15) is 26.3 Å². The van der Waals surface area contributed by atoms with E-state index in [-0.39, 0.29) is 28.7 Å². The first-order chi connectivity index (χ1) is 12.0. The van der Waals surface area contributed by atoms with E-state index in [1.165, 1.54) is 30.6 Å². The second kappa shape index (κ2) is 6.84. The molecule has 7 nitrogen and oxygen atoms in total. The van der Waals surface area contributed by atoms with E-state index in [1.54, 1.807) is 6.07 Å². The van der Waals surface area contributed by atoms with Gasteiger partial charge in [0, 0.05) is 23.2 Å². The molecular formula is C16H13BFN3O4. The molecule has 0 saturated heterocycles. The molecule has 1 aromatic heterocycles. The lowest BCUT2D eigenvalue weighted by Crippen LogP contribution is -2.34. The molecule has 0 aliphatic rings. The van der Waals surface area contributed by atoms with Crippen LogP contribution in [0.15, 0.2) is 36.7 Å². The fourth-order valence-corrected chi connectivity index (χ4v) is 2.53. The number of rotatable bonds is 5. The molecule has 3 rings (SSSR count). The van der Waals surface area contributed by atoms with Gasteiger partial charge in [0.2, 0.25) is 0 Å². The first kappa shape index (κ1) is 16.8.